The molecule has 1 aliphatic rings. The monoisotopic (exact) mass is 844 g/mol. The molecule has 0 aliphatic carbocycles. The Morgan fingerprint density at radius 1 is 0.525 bits per heavy atom. The molecule has 0 saturated carbocycles. The van der Waals surface area contributed by atoms with E-state index in [0.29, 0.717) is 6.42 Å². The summed E-state index contributed by atoms with van der Waals surface area (Å²) in [5.41, 5.74) is 0. The Balaban J connectivity index is 2.26. The highest BCUT2D eigenvalue weighted by molar-refractivity contribution is 5.76. The second kappa shape index (κ2) is 40.0. The molecule has 1 amide bonds. The highest BCUT2D eigenvalue weighted by atomic mass is 16.7. The van der Waals surface area contributed by atoms with Gasteiger partial charge in [0.25, 0.3) is 0 Å². The van der Waals surface area contributed by atoms with Crippen LogP contribution in [0.2, 0.25) is 0 Å². The first kappa shape index (κ1) is 56.2. The third-order valence-electron chi connectivity index (χ3n) is 12.6. The van der Waals surface area contributed by atoms with Crippen LogP contribution >= 0.6 is 0 Å². The molecular formula is C49H97NO9. The quantitative estimate of drug-likeness (QED) is 0.0296. The Morgan fingerprint density at radius 3 is 1.25 bits per heavy atom. The molecule has 0 bridgehead atoms. The van der Waals surface area contributed by atoms with Gasteiger partial charge >= 0.3 is 0 Å². The fraction of sp³-hybridized carbons (Fsp3) is 0.980. The van der Waals surface area contributed by atoms with Crippen LogP contribution in [0.4, 0.5) is 0 Å². The van der Waals surface area contributed by atoms with E-state index in [1.165, 1.54) is 173 Å². The largest absolute Gasteiger partial charge is 0.394 e. The van der Waals surface area contributed by atoms with Crippen LogP contribution in [0.25, 0.3) is 0 Å². The van der Waals surface area contributed by atoms with Crippen molar-refractivity contribution in [1.29, 1.82) is 0 Å². The fourth-order valence-electron chi connectivity index (χ4n) is 8.44. The normalized spacial score (nSPS) is 21.1. The maximum Gasteiger partial charge on any atom is 0.220 e. The van der Waals surface area contributed by atoms with E-state index in [-0.39, 0.29) is 18.9 Å². The van der Waals surface area contributed by atoms with Crippen molar-refractivity contribution in [2.24, 2.45) is 0 Å². The lowest BCUT2D eigenvalue weighted by Crippen LogP contribution is -2.60. The number of hydrogen-bond acceptors (Lipinski definition) is 9. The van der Waals surface area contributed by atoms with E-state index in [2.05, 4.69) is 19.2 Å². The molecule has 352 valence electrons. The van der Waals surface area contributed by atoms with E-state index >= 15 is 0 Å². The molecule has 1 saturated heterocycles. The highest BCUT2D eigenvalue weighted by Crippen LogP contribution is 2.23. The van der Waals surface area contributed by atoms with Crippen LogP contribution in [0.1, 0.15) is 245 Å². The van der Waals surface area contributed by atoms with Crippen LogP contribution in [-0.4, -0.2) is 98.7 Å². The lowest BCUT2D eigenvalue weighted by Gasteiger charge is -2.40. The molecule has 1 rings (SSSR count). The summed E-state index contributed by atoms with van der Waals surface area (Å²) in [7, 11) is 0. The van der Waals surface area contributed by atoms with Gasteiger partial charge in [-0.25, -0.2) is 0 Å². The minimum atomic E-state index is -1.60. The summed E-state index contributed by atoms with van der Waals surface area (Å²) in [5.74, 6) is -0.253. The first-order chi connectivity index (χ1) is 28.8. The first-order valence-corrected chi connectivity index (χ1v) is 25.3. The summed E-state index contributed by atoms with van der Waals surface area (Å²) in [5, 5.41) is 65.2. The Labute approximate surface area is 362 Å². The van der Waals surface area contributed by atoms with Crippen molar-refractivity contribution >= 4 is 5.91 Å². The highest BCUT2D eigenvalue weighted by Gasteiger charge is 2.44. The molecule has 10 nitrogen and oxygen atoms in total. The van der Waals surface area contributed by atoms with Gasteiger partial charge in [0.15, 0.2) is 6.29 Å². The Bertz CT molecular complexity index is 911. The predicted octanol–water partition coefficient (Wildman–Crippen LogP) is 10.1. The number of hydrogen-bond donors (Lipinski definition) is 7. The summed E-state index contributed by atoms with van der Waals surface area (Å²) in [4.78, 5) is 13.0. The van der Waals surface area contributed by atoms with Gasteiger partial charge in [-0.15, -0.1) is 0 Å². The third-order valence-corrected chi connectivity index (χ3v) is 12.6. The average Bonchev–Trinajstić information content (AvgIpc) is 3.23. The molecule has 0 aromatic carbocycles. The van der Waals surface area contributed by atoms with E-state index in [1.54, 1.807) is 0 Å². The molecule has 1 heterocycles. The second-order valence-corrected chi connectivity index (χ2v) is 18.1. The van der Waals surface area contributed by atoms with Gasteiger partial charge in [-0.2, -0.15) is 0 Å². The van der Waals surface area contributed by atoms with Crippen molar-refractivity contribution in [2.45, 2.75) is 294 Å². The van der Waals surface area contributed by atoms with E-state index < -0.39 is 55.6 Å². The molecule has 1 fully saturated rings. The summed E-state index contributed by atoms with van der Waals surface area (Å²) >= 11 is 0. The maximum absolute atomic E-state index is 13.0. The van der Waals surface area contributed by atoms with Crippen molar-refractivity contribution in [1.82, 2.24) is 5.32 Å². The van der Waals surface area contributed by atoms with Crippen LogP contribution in [-0.2, 0) is 14.3 Å². The predicted molar refractivity (Wildman–Crippen MR) is 241 cm³/mol. The Morgan fingerprint density at radius 2 is 0.881 bits per heavy atom. The van der Waals surface area contributed by atoms with Crippen molar-refractivity contribution < 1.29 is 44.9 Å². The van der Waals surface area contributed by atoms with Crippen molar-refractivity contribution in [2.75, 3.05) is 13.2 Å². The Hall–Kier alpha value is -0.850. The molecule has 7 N–H and O–H groups in total. The number of aliphatic hydroxyl groups excluding tert-OH is 6. The standard InChI is InChI=1S/C49H97NO9/c1-3-5-7-9-11-13-15-16-17-18-19-20-21-22-23-24-25-26-28-30-32-34-36-38-44(53)50-41(40-58-49-48(57)47(56)46(55)43(39-51)59-49)45(54)42(52)37-35-33-31-29-27-14-12-10-8-6-4-2/h41-43,45-49,51-52,54-57H,3-40H2,1-2H3,(H,50,53)/t41-,42+,43+,45-,46-,47-,48+,49-/m0/s1. The molecule has 0 radical (unpaired) electrons. The molecule has 10 heteroatoms. The van der Waals surface area contributed by atoms with E-state index in [0.717, 1.165) is 44.9 Å². The number of carbonyl (C=O) groups excluding carboxylic acids is 1. The van der Waals surface area contributed by atoms with Gasteiger partial charge in [-0.3, -0.25) is 4.79 Å². The lowest BCUT2D eigenvalue weighted by molar-refractivity contribution is -0.303. The van der Waals surface area contributed by atoms with Gasteiger partial charge in [-0.1, -0.05) is 226 Å². The van der Waals surface area contributed by atoms with Gasteiger partial charge in [0.1, 0.15) is 30.5 Å². The van der Waals surface area contributed by atoms with E-state index in [4.69, 9.17) is 9.47 Å². The number of nitrogens with one attached hydrogen (secondary N) is 1. The summed E-state index contributed by atoms with van der Waals surface area (Å²) in [6.07, 6.45) is 34.1. The average molecular weight is 844 g/mol. The molecule has 8 atom stereocenters. The summed E-state index contributed by atoms with van der Waals surface area (Å²) in [6, 6.07) is -0.984. The summed E-state index contributed by atoms with van der Waals surface area (Å²) in [6.45, 7) is 3.62. The van der Waals surface area contributed by atoms with E-state index in [9.17, 15) is 35.4 Å². The number of aliphatic hydroxyl groups is 6. The van der Waals surface area contributed by atoms with Crippen molar-refractivity contribution in [3.63, 3.8) is 0 Å². The first-order valence-electron chi connectivity index (χ1n) is 25.3. The third kappa shape index (κ3) is 30.0. The van der Waals surface area contributed by atoms with Crippen molar-refractivity contribution in [3.8, 4) is 0 Å². The minimum Gasteiger partial charge on any atom is -0.394 e. The SMILES string of the molecule is CCCCCCCCCCCCCCCCCCCCCCCCCC(=O)N[C@@H](CO[C@H]1O[C@H](CO)[C@H](O)[C@H](O)[C@H]1O)[C@H](O)[C@H](O)CCCCCCCCCCCCC. The zero-order chi connectivity index (χ0) is 43.2. The molecule has 0 aromatic rings. The topological polar surface area (TPSA) is 169 Å². The Kier molecular flexibility index (Phi) is 38.0. The zero-order valence-electron chi connectivity index (χ0n) is 38.4. The lowest BCUT2D eigenvalue weighted by atomic mass is 9.98. The number of unbranched alkanes of at least 4 members (excludes halogenated alkanes) is 32. The second-order valence-electron chi connectivity index (χ2n) is 18.1. The van der Waals surface area contributed by atoms with Crippen molar-refractivity contribution in [3.05, 3.63) is 0 Å². The number of amides is 1. The molecule has 1 aliphatic heterocycles. The van der Waals surface area contributed by atoms with Gasteiger partial charge in [0, 0.05) is 6.42 Å². The molecule has 59 heavy (non-hydrogen) atoms. The van der Waals surface area contributed by atoms with Crippen LogP contribution < -0.4 is 5.32 Å². The van der Waals surface area contributed by atoms with Crippen LogP contribution in [0, 0.1) is 0 Å². The van der Waals surface area contributed by atoms with Gasteiger partial charge in [0.2, 0.25) is 5.91 Å². The minimum absolute atomic E-state index is 0.253. The van der Waals surface area contributed by atoms with E-state index in [1.807, 2.05) is 0 Å². The maximum atomic E-state index is 13.0. The number of rotatable bonds is 43. The van der Waals surface area contributed by atoms with Gasteiger partial charge in [0.05, 0.1) is 25.4 Å². The summed E-state index contributed by atoms with van der Waals surface area (Å²) < 4.78 is 11.2. The van der Waals surface area contributed by atoms with Crippen LogP contribution in [0.15, 0.2) is 0 Å². The van der Waals surface area contributed by atoms with Crippen LogP contribution in [0.3, 0.4) is 0 Å². The number of ether oxygens (including phenoxy) is 2. The van der Waals surface area contributed by atoms with Gasteiger partial charge < -0.3 is 45.4 Å². The fourth-order valence-corrected chi connectivity index (χ4v) is 8.44. The van der Waals surface area contributed by atoms with Gasteiger partial charge in [-0.05, 0) is 12.8 Å². The number of carbonyl (C=O) groups is 1. The zero-order valence-corrected chi connectivity index (χ0v) is 38.4. The molecular weight excluding hydrogens is 747 g/mol. The smallest absolute Gasteiger partial charge is 0.220 e. The van der Waals surface area contributed by atoms with Crippen LogP contribution in [0.5, 0.6) is 0 Å². The molecule has 0 spiro atoms. The molecule has 0 aromatic heterocycles. The molecule has 0 unspecified atom stereocenters.